The average molecular weight is 469 g/mol. The molecule has 1 heterocycles. The van der Waals surface area contributed by atoms with E-state index in [4.69, 9.17) is 21.1 Å². The summed E-state index contributed by atoms with van der Waals surface area (Å²) in [6, 6.07) is 19.4. The first kappa shape index (κ1) is 22.9. The lowest BCUT2D eigenvalue weighted by molar-refractivity contribution is 0.0746. The van der Waals surface area contributed by atoms with E-state index in [2.05, 4.69) is 0 Å². The van der Waals surface area contributed by atoms with Crippen molar-refractivity contribution in [1.82, 2.24) is 4.90 Å². The van der Waals surface area contributed by atoms with E-state index in [9.17, 15) is 9.18 Å². The standard InChI is InChI=1S/C26H26ClFN2O3/c1-2-32-24-12-11-19(17-20(24)18-33-25-10-6-3-7-21(25)27)26(31)30-15-13-29(14-16-30)23-9-5-4-8-22(23)28/h3-12,17H,2,13-16,18H2,1H3. The Labute approximate surface area is 198 Å². The molecular formula is C26H26ClFN2O3. The molecule has 3 aromatic carbocycles. The molecule has 0 atom stereocenters. The zero-order valence-corrected chi connectivity index (χ0v) is 19.2. The normalized spacial score (nSPS) is 13.7. The highest BCUT2D eigenvalue weighted by Crippen LogP contribution is 2.28. The van der Waals surface area contributed by atoms with Gasteiger partial charge in [-0.25, -0.2) is 4.39 Å². The van der Waals surface area contributed by atoms with Crippen LogP contribution >= 0.6 is 11.6 Å². The SMILES string of the molecule is CCOc1ccc(C(=O)N2CCN(c3ccccc3F)CC2)cc1COc1ccccc1Cl. The Morgan fingerprint density at radius 1 is 0.939 bits per heavy atom. The van der Waals surface area contributed by atoms with E-state index < -0.39 is 0 Å². The van der Waals surface area contributed by atoms with Crippen molar-refractivity contribution in [3.63, 3.8) is 0 Å². The van der Waals surface area contributed by atoms with E-state index in [-0.39, 0.29) is 18.3 Å². The third kappa shape index (κ3) is 5.40. The quantitative estimate of drug-likeness (QED) is 0.464. The second-order valence-corrected chi connectivity index (χ2v) is 8.11. The number of hydrogen-bond acceptors (Lipinski definition) is 4. The van der Waals surface area contributed by atoms with Crippen LogP contribution in [-0.4, -0.2) is 43.6 Å². The lowest BCUT2D eigenvalue weighted by atomic mass is 10.1. The van der Waals surface area contributed by atoms with Crippen LogP contribution in [0.4, 0.5) is 10.1 Å². The molecule has 0 aliphatic carbocycles. The predicted octanol–water partition coefficient (Wildman–Crippen LogP) is 5.42. The zero-order valence-electron chi connectivity index (χ0n) is 18.5. The third-order valence-electron chi connectivity index (χ3n) is 5.59. The maximum atomic E-state index is 14.1. The summed E-state index contributed by atoms with van der Waals surface area (Å²) in [6.07, 6.45) is 0. The number of ether oxygens (including phenoxy) is 2. The molecule has 3 aromatic rings. The highest BCUT2D eigenvalue weighted by Gasteiger charge is 2.24. The number of para-hydroxylation sites is 2. The molecule has 172 valence electrons. The Balaban J connectivity index is 1.46. The Morgan fingerprint density at radius 3 is 2.39 bits per heavy atom. The first-order chi connectivity index (χ1) is 16.1. The summed E-state index contributed by atoms with van der Waals surface area (Å²) in [7, 11) is 0. The van der Waals surface area contributed by atoms with Gasteiger partial charge < -0.3 is 19.3 Å². The Kier molecular flexibility index (Phi) is 7.35. The Morgan fingerprint density at radius 2 is 1.67 bits per heavy atom. The molecule has 0 unspecified atom stereocenters. The fraction of sp³-hybridized carbons (Fsp3) is 0.269. The second-order valence-electron chi connectivity index (χ2n) is 7.71. The summed E-state index contributed by atoms with van der Waals surface area (Å²) >= 11 is 6.20. The van der Waals surface area contributed by atoms with Crippen molar-refractivity contribution in [3.8, 4) is 11.5 Å². The molecule has 7 heteroatoms. The molecule has 0 bridgehead atoms. The van der Waals surface area contributed by atoms with Crippen LogP contribution in [-0.2, 0) is 6.61 Å². The van der Waals surface area contributed by atoms with Gasteiger partial charge in [-0.15, -0.1) is 0 Å². The number of hydrogen-bond donors (Lipinski definition) is 0. The van der Waals surface area contributed by atoms with Gasteiger partial charge in [0, 0.05) is 37.3 Å². The van der Waals surface area contributed by atoms with E-state index in [0.29, 0.717) is 60.6 Å². The molecule has 0 N–H and O–H groups in total. The van der Waals surface area contributed by atoms with Crippen molar-refractivity contribution >= 4 is 23.2 Å². The van der Waals surface area contributed by atoms with E-state index in [1.807, 2.05) is 36.1 Å². The number of piperazine rings is 1. The number of halogens is 2. The summed E-state index contributed by atoms with van der Waals surface area (Å²) in [5.41, 5.74) is 1.91. The van der Waals surface area contributed by atoms with E-state index in [1.165, 1.54) is 6.07 Å². The number of rotatable bonds is 7. The van der Waals surface area contributed by atoms with Crippen molar-refractivity contribution < 1.29 is 18.7 Å². The minimum atomic E-state index is -0.244. The molecule has 4 rings (SSSR count). The third-order valence-corrected chi connectivity index (χ3v) is 5.90. The van der Waals surface area contributed by atoms with Crippen molar-refractivity contribution in [3.05, 3.63) is 88.7 Å². The minimum Gasteiger partial charge on any atom is -0.493 e. The summed E-state index contributed by atoms with van der Waals surface area (Å²) in [6.45, 7) is 4.83. The fourth-order valence-corrected chi connectivity index (χ4v) is 4.07. The van der Waals surface area contributed by atoms with Crippen LogP contribution < -0.4 is 14.4 Å². The first-order valence-electron chi connectivity index (χ1n) is 11.0. The molecule has 5 nitrogen and oxygen atoms in total. The smallest absolute Gasteiger partial charge is 0.253 e. The molecule has 1 aliphatic heterocycles. The monoisotopic (exact) mass is 468 g/mol. The highest BCUT2D eigenvalue weighted by molar-refractivity contribution is 6.32. The van der Waals surface area contributed by atoms with Gasteiger partial charge in [0.1, 0.15) is 23.9 Å². The molecule has 1 amide bonds. The van der Waals surface area contributed by atoms with E-state index in [1.54, 1.807) is 41.3 Å². The highest BCUT2D eigenvalue weighted by atomic mass is 35.5. The van der Waals surface area contributed by atoms with Crippen molar-refractivity contribution in [2.45, 2.75) is 13.5 Å². The predicted molar refractivity (Wildman–Crippen MR) is 128 cm³/mol. The number of benzene rings is 3. The molecule has 1 fully saturated rings. The lowest BCUT2D eigenvalue weighted by Crippen LogP contribution is -2.49. The number of amides is 1. The first-order valence-corrected chi connectivity index (χ1v) is 11.4. The topological polar surface area (TPSA) is 42.0 Å². The fourth-order valence-electron chi connectivity index (χ4n) is 3.88. The van der Waals surface area contributed by atoms with Gasteiger partial charge in [0.15, 0.2) is 0 Å². The van der Waals surface area contributed by atoms with Crippen LogP contribution in [0.1, 0.15) is 22.8 Å². The molecule has 0 radical (unpaired) electrons. The molecular weight excluding hydrogens is 443 g/mol. The second kappa shape index (κ2) is 10.6. The van der Waals surface area contributed by atoms with Gasteiger partial charge in [-0.3, -0.25) is 4.79 Å². The van der Waals surface area contributed by atoms with Crippen LogP contribution in [0, 0.1) is 5.82 Å². The van der Waals surface area contributed by atoms with Gasteiger partial charge in [-0.05, 0) is 49.4 Å². The van der Waals surface area contributed by atoms with Gasteiger partial charge in [-0.2, -0.15) is 0 Å². The van der Waals surface area contributed by atoms with E-state index >= 15 is 0 Å². The zero-order chi connectivity index (χ0) is 23.2. The molecule has 33 heavy (non-hydrogen) atoms. The largest absolute Gasteiger partial charge is 0.493 e. The molecule has 0 aromatic heterocycles. The summed E-state index contributed by atoms with van der Waals surface area (Å²) in [5, 5.41) is 0.524. The van der Waals surface area contributed by atoms with Gasteiger partial charge in [0.2, 0.25) is 0 Å². The number of carbonyl (C=O) groups excluding carboxylic acids is 1. The summed E-state index contributed by atoms with van der Waals surface area (Å²) in [5.74, 6) is 0.935. The average Bonchev–Trinajstić information content (AvgIpc) is 2.84. The summed E-state index contributed by atoms with van der Waals surface area (Å²) in [4.78, 5) is 17.0. The molecule has 0 saturated carbocycles. The van der Waals surface area contributed by atoms with Crippen LogP contribution in [0.2, 0.25) is 5.02 Å². The maximum Gasteiger partial charge on any atom is 0.253 e. The molecule has 1 saturated heterocycles. The maximum absolute atomic E-state index is 14.1. The van der Waals surface area contributed by atoms with Crippen molar-refractivity contribution in [1.29, 1.82) is 0 Å². The number of nitrogens with zero attached hydrogens (tertiary/aromatic N) is 2. The van der Waals surface area contributed by atoms with Gasteiger partial charge >= 0.3 is 0 Å². The van der Waals surface area contributed by atoms with Gasteiger partial charge in [-0.1, -0.05) is 35.9 Å². The summed E-state index contributed by atoms with van der Waals surface area (Å²) < 4.78 is 25.7. The molecule has 1 aliphatic rings. The van der Waals surface area contributed by atoms with Crippen LogP contribution in [0.15, 0.2) is 66.7 Å². The minimum absolute atomic E-state index is 0.0646. The van der Waals surface area contributed by atoms with Crippen molar-refractivity contribution in [2.24, 2.45) is 0 Å². The Bertz CT molecular complexity index is 1120. The van der Waals surface area contributed by atoms with Gasteiger partial charge in [0.25, 0.3) is 5.91 Å². The van der Waals surface area contributed by atoms with Crippen molar-refractivity contribution in [2.75, 3.05) is 37.7 Å². The Hall–Kier alpha value is -3.25. The van der Waals surface area contributed by atoms with Crippen LogP contribution in [0.25, 0.3) is 0 Å². The number of anilines is 1. The van der Waals surface area contributed by atoms with Crippen LogP contribution in [0.3, 0.4) is 0 Å². The van der Waals surface area contributed by atoms with E-state index in [0.717, 1.165) is 5.56 Å². The van der Waals surface area contributed by atoms with Crippen LogP contribution in [0.5, 0.6) is 11.5 Å². The lowest BCUT2D eigenvalue weighted by Gasteiger charge is -2.36. The number of carbonyl (C=O) groups is 1. The van der Waals surface area contributed by atoms with Gasteiger partial charge in [0.05, 0.1) is 17.3 Å². The molecule has 0 spiro atoms.